The second-order valence-electron chi connectivity index (χ2n) is 16.2. The number of benzene rings is 9. The van der Waals surface area contributed by atoms with Gasteiger partial charge in [0, 0.05) is 38.5 Å². The number of aromatic nitrogens is 3. The van der Waals surface area contributed by atoms with E-state index in [1.165, 1.54) is 60.2 Å². The van der Waals surface area contributed by atoms with Crippen LogP contribution in [-0.4, -0.2) is 14.5 Å². The summed E-state index contributed by atoms with van der Waals surface area (Å²) in [6.45, 7) is 0. The van der Waals surface area contributed by atoms with E-state index < -0.39 is 0 Å². The van der Waals surface area contributed by atoms with Crippen molar-refractivity contribution in [2.45, 2.75) is 0 Å². The summed E-state index contributed by atoms with van der Waals surface area (Å²) in [6, 6.07) is 84.5. The maximum atomic E-state index is 5.24. The SMILES string of the molecule is c1ccc(-c2cc(-c3ccc(-c4ccc5c(ccc6nc(-c7ccccc7)cc(-c7ccccc7)c65)c4)cc3)cc(-c3ccc(-n4c5ccccc5c5ccccc54)cc3)n2)cc1. The van der Waals surface area contributed by atoms with Gasteiger partial charge in [0.05, 0.1) is 33.6 Å². The van der Waals surface area contributed by atoms with Gasteiger partial charge in [0.15, 0.2) is 0 Å². The Morgan fingerprint density at radius 2 is 0.762 bits per heavy atom. The van der Waals surface area contributed by atoms with Gasteiger partial charge in [0.2, 0.25) is 0 Å². The zero-order chi connectivity index (χ0) is 41.7. The van der Waals surface area contributed by atoms with Crippen LogP contribution in [0, 0.1) is 0 Å². The Hall–Kier alpha value is -8.40. The van der Waals surface area contributed by atoms with Crippen LogP contribution in [0.3, 0.4) is 0 Å². The number of rotatable bonds is 7. The molecule has 12 rings (SSSR count). The number of hydrogen-bond donors (Lipinski definition) is 0. The minimum atomic E-state index is 0.936. The van der Waals surface area contributed by atoms with E-state index in [1.54, 1.807) is 0 Å². The number of nitrogens with zero attached hydrogens (tertiary/aromatic N) is 3. The molecule has 0 N–H and O–H groups in total. The van der Waals surface area contributed by atoms with Gasteiger partial charge in [-0.2, -0.15) is 0 Å². The van der Waals surface area contributed by atoms with Crippen LogP contribution in [0.5, 0.6) is 0 Å². The quantitative estimate of drug-likeness (QED) is 0.150. The van der Waals surface area contributed by atoms with Gasteiger partial charge in [-0.25, -0.2) is 9.97 Å². The van der Waals surface area contributed by atoms with E-state index in [1.807, 2.05) is 6.07 Å². The van der Waals surface area contributed by atoms with Crippen LogP contribution in [-0.2, 0) is 0 Å². The lowest BCUT2D eigenvalue weighted by Crippen LogP contribution is -1.95. The Morgan fingerprint density at radius 1 is 0.286 bits per heavy atom. The summed E-state index contributed by atoms with van der Waals surface area (Å²) >= 11 is 0. The van der Waals surface area contributed by atoms with Gasteiger partial charge in [0.1, 0.15) is 0 Å². The summed E-state index contributed by atoms with van der Waals surface area (Å²) in [4.78, 5) is 10.4. The largest absolute Gasteiger partial charge is 0.309 e. The summed E-state index contributed by atoms with van der Waals surface area (Å²) in [6.07, 6.45) is 0. The number of fused-ring (bicyclic) bond motifs is 6. The molecule has 0 amide bonds. The molecule has 0 fully saturated rings. The highest BCUT2D eigenvalue weighted by Crippen LogP contribution is 2.39. The van der Waals surface area contributed by atoms with Crippen molar-refractivity contribution < 1.29 is 0 Å². The van der Waals surface area contributed by atoms with Crippen LogP contribution in [0.2, 0.25) is 0 Å². The summed E-state index contributed by atoms with van der Waals surface area (Å²) in [7, 11) is 0. The molecule has 3 heteroatoms. The van der Waals surface area contributed by atoms with Crippen LogP contribution in [0.1, 0.15) is 0 Å². The van der Waals surface area contributed by atoms with Crippen molar-refractivity contribution >= 4 is 43.5 Å². The minimum Gasteiger partial charge on any atom is -0.309 e. The third-order valence-corrected chi connectivity index (χ3v) is 12.4. The van der Waals surface area contributed by atoms with Crippen molar-refractivity contribution in [3.63, 3.8) is 0 Å². The van der Waals surface area contributed by atoms with Crippen molar-refractivity contribution in [3.8, 4) is 72.8 Å². The van der Waals surface area contributed by atoms with E-state index in [0.717, 1.165) is 56.1 Å². The van der Waals surface area contributed by atoms with Gasteiger partial charge in [-0.1, -0.05) is 182 Å². The lowest BCUT2D eigenvalue weighted by atomic mass is 9.92. The molecule has 0 bridgehead atoms. The molecule has 294 valence electrons. The number of para-hydroxylation sites is 2. The molecule has 0 aliphatic rings. The lowest BCUT2D eigenvalue weighted by molar-refractivity contribution is 1.18. The highest BCUT2D eigenvalue weighted by atomic mass is 15.0. The van der Waals surface area contributed by atoms with Crippen molar-refractivity contribution in [3.05, 3.63) is 237 Å². The zero-order valence-corrected chi connectivity index (χ0v) is 34.4. The summed E-state index contributed by atoms with van der Waals surface area (Å²) in [5, 5.41) is 6.06. The smallest absolute Gasteiger partial charge is 0.0722 e. The molecule has 63 heavy (non-hydrogen) atoms. The monoisotopic (exact) mass is 801 g/mol. The van der Waals surface area contributed by atoms with Crippen molar-refractivity contribution in [1.29, 1.82) is 0 Å². The molecule has 0 aliphatic carbocycles. The fourth-order valence-corrected chi connectivity index (χ4v) is 9.29. The van der Waals surface area contributed by atoms with Gasteiger partial charge in [-0.3, -0.25) is 0 Å². The standard InChI is InChI=1S/C60H39N3/c1-4-14-42(15-5-1)53-39-57(44-18-8-3-9-19-44)61-54-35-31-47-36-46(30-34-50(47)60(53)54)40-24-26-41(27-25-40)48-37-55(43-16-6-2-7-17-43)62-56(38-48)45-28-32-49(33-29-45)63-58-22-12-10-20-51(58)52-21-11-13-23-59(52)63/h1-39H. The topological polar surface area (TPSA) is 30.7 Å². The molecule has 0 saturated carbocycles. The van der Waals surface area contributed by atoms with E-state index in [2.05, 4.69) is 235 Å². The fourth-order valence-electron chi connectivity index (χ4n) is 9.29. The van der Waals surface area contributed by atoms with E-state index in [-0.39, 0.29) is 0 Å². The number of pyridine rings is 2. The summed E-state index contributed by atoms with van der Waals surface area (Å²) < 4.78 is 2.35. The van der Waals surface area contributed by atoms with Crippen LogP contribution in [0.4, 0.5) is 0 Å². The Kier molecular flexibility index (Phi) is 8.83. The average Bonchev–Trinajstić information content (AvgIpc) is 3.71. The van der Waals surface area contributed by atoms with Gasteiger partial charge < -0.3 is 4.57 Å². The molecule has 3 aromatic heterocycles. The first-order valence-corrected chi connectivity index (χ1v) is 21.5. The second kappa shape index (κ2) is 15.3. The third-order valence-electron chi connectivity index (χ3n) is 12.4. The number of hydrogen-bond acceptors (Lipinski definition) is 2. The van der Waals surface area contributed by atoms with Crippen LogP contribution >= 0.6 is 0 Å². The maximum absolute atomic E-state index is 5.24. The molecular weight excluding hydrogens is 763 g/mol. The molecule has 0 saturated heterocycles. The maximum Gasteiger partial charge on any atom is 0.0722 e. The molecule has 9 aromatic carbocycles. The molecule has 0 radical (unpaired) electrons. The van der Waals surface area contributed by atoms with Crippen LogP contribution in [0.25, 0.3) is 116 Å². The van der Waals surface area contributed by atoms with E-state index in [9.17, 15) is 0 Å². The Bertz CT molecular complexity index is 3580. The fraction of sp³-hybridized carbons (Fsp3) is 0. The van der Waals surface area contributed by atoms with Crippen LogP contribution < -0.4 is 0 Å². The van der Waals surface area contributed by atoms with Gasteiger partial charge >= 0.3 is 0 Å². The molecule has 12 aromatic rings. The van der Waals surface area contributed by atoms with Gasteiger partial charge in [0.25, 0.3) is 0 Å². The highest BCUT2D eigenvalue weighted by Gasteiger charge is 2.16. The highest BCUT2D eigenvalue weighted by molar-refractivity contribution is 6.14. The predicted molar refractivity (Wildman–Crippen MR) is 264 cm³/mol. The van der Waals surface area contributed by atoms with Gasteiger partial charge in [-0.15, -0.1) is 0 Å². The Balaban J connectivity index is 0.907. The average molecular weight is 802 g/mol. The zero-order valence-electron chi connectivity index (χ0n) is 34.4. The van der Waals surface area contributed by atoms with E-state index >= 15 is 0 Å². The minimum absolute atomic E-state index is 0.936. The molecule has 3 heterocycles. The second-order valence-corrected chi connectivity index (χ2v) is 16.2. The van der Waals surface area contributed by atoms with E-state index in [4.69, 9.17) is 9.97 Å². The predicted octanol–water partition coefficient (Wildman–Crippen LogP) is 15.9. The normalized spacial score (nSPS) is 11.5. The first kappa shape index (κ1) is 36.5. The molecule has 0 unspecified atom stereocenters. The summed E-state index contributed by atoms with van der Waals surface area (Å²) in [5.74, 6) is 0. The first-order valence-electron chi connectivity index (χ1n) is 21.5. The first-order chi connectivity index (χ1) is 31.2. The molecule has 0 aliphatic heterocycles. The molecule has 3 nitrogen and oxygen atoms in total. The molecule has 0 atom stereocenters. The molecule has 0 spiro atoms. The summed E-state index contributed by atoms with van der Waals surface area (Å²) in [5.41, 5.74) is 17.6. The Morgan fingerprint density at radius 3 is 1.37 bits per heavy atom. The van der Waals surface area contributed by atoms with Crippen molar-refractivity contribution in [1.82, 2.24) is 14.5 Å². The van der Waals surface area contributed by atoms with E-state index in [0.29, 0.717) is 0 Å². The van der Waals surface area contributed by atoms with Crippen molar-refractivity contribution in [2.24, 2.45) is 0 Å². The lowest BCUT2D eigenvalue weighted by Gasteiger charge is -2.14. The van der Waals surface area contributed by atoms with Crippen molar-refractivity contribution in [2.75, 3.05) is 0 Å². The van der Waals surface area contributed by atoms with Crippen LogP contribution in [0.15, 0.2) is 237 Å². The Labute approximate surface area is 365 Å². The third kappa shape index (κ3) is 6.55. The van der Waals surface area contributed by atoms with Gasteiger partial charge in [-0.05, 0) is 98.8 Å². The molecular formula is C60H39N3.